The minimum absolute atomic E-state index is 0.315. The molecule has 1 rings (SSSR count). The minimum atomic E-state index is 0.315. The first-order valence-corrected chi connectivity index (χ1v) is 6.04. The molecule has 88 valence electrons. The molecule has 0 aliphatic carbocycles. The Morgan fingerprint density at radius 2 is 2.25 bits per heavy atom. The second-order valence-corrected chi connectivity index (χ2v) is 3.99. The van der Waals surface area contributed by atoms with Crippen LogP contribution in [0.25, 0.3) is 0 Å². The molecule has 1 aromatic rings. The molecule has 0 bridgehead atoms. The van der Waals surface area contributed by atoms with Gasteiger partial charge in [-0.3, -0.25) is 0 Å². The van der Waals surface area contributed by atoms with Gasteiger partial charge in [-0.15, -0.1) is 11.6 Å². The van der Waals surface area contributed by atoms with E-state index in [4.69, 9.17) is 11.6 Å². The first kappa shape index (κ1) is 12.9. The van der Waals surface area contributed by atoms with Crippen molar-refractivity contribution in [2.24, 2.45) is 0 Å². The molecule has 0 spiro atoms. The Hall–Kier alpha value is -1.15. The van der Waals surface area contributed by atoms with Crippen molar-refractivity contribution in [3.63, 3.8) is 0 Å². The molecule has 0 fully saturated rings. The third-order valence-electron chi connectivity index (χ3n) is 2.21. The summed E-state index contributed by atoms with van der Waals surface area (Å²) in [7, 11) is 0. The second kappa shape index (κ2) is 7.18. The number of halogens is 1. The fraction of sp³-hybridized carbons (Fsp3) is 0.385. The van der Waals surface area contributed by atoms with Crippen LogP contribution in [0.4, 0.5) is 0 Å². The Morgan fingerprint density at radius 1 is 1.44 bits per heavy atom. The molecule has 0 atom stereocenters. The topological polar surface area (TPSA) is 23.5 Å². The number of aromatic hydroxyl groups is 1. The van der Waals surface area contributed by atoms with E-state index in [-0.39, 0.29) is 0 Å². The molecule has 1 aromatic carbocycles. The number of phenols is 1. The van der Waals surface area contributed by atoms with E-state index in [1.165, 1.54) is 0 Å². The van der Waals surface area contributed by atoms with Crippen LogP contribution in [0.5, 0.6) is 5.75 Å². The van der Waals surface area contributed by atoms with Gasteiger partial charge < -0.3 is 10.0 Å². The highest BCUT2D eigenvalue weighted by molar-refractivity contribution is 6.18. The Bertz CT molecular complexity index is 338. The zero-order valence-corrected chi connectivity index (χ0v) is 10.3. The second-order valence-electron chi connectivity index (χ2n) is 3.68. The maximum absolute atomic E-state index is 9.37. The first-order valence-electron chi connectivity index (χ1n) is 5.51. The van der Waals surface area contributed by atoms with Crippen LogP contribution in [0, 0.1) is 0 Å². The molecular formula is C13H18ClNO. The van der Waals surface area contributed by atoms with Crippen LogP contribution >= 0.6 is 11.6 Å². The fourth-order valence-corrected chi connectivity index (χ4v) is 1.65. The quantitative estimate of drug-likeness (QED) is 0.770. The molecular weight excluding hydrogens is 222 g/mol. The highest BCUT2D eigenvalue weighted by Gasteiger charge is 2.00. The average molecular weight is 240 g/mol. The molecule has 0 aliphatic heterocycles. The Labute approximate surface area is 102 Å². The molecule has 16 heavy (non-hydrogen) atoms. The van der Waals surface area contributed by atoms with Gasteiger partial charge in [0, 0.05) is 19.0 Å². The van der Waals surface area contributed by atoms with Crippen LogP contribution in [0.3, 0.4) is 0 Å². The van der Waals surface area contributed by atoms with Gasteiger partial charge in [0.2, 0.25) is 0 Å². The van der Waals surface area contributed by atoms with Crippen LogP contribution < -0.4 is 0 Å². The van der Waals surface area contributed by atoms with Gasteiger partial charge in [-0.25, -0.2) is 0 Å². The number of nitrogens with zero attached hydrogens (tertiary/aromatic N) is 1. The normalized spacial score (nSPS) is 10.9. The third-order valence-corrected chi connectivity index (χ3v) is 2.39. The number of alkyl halides is 1. The van der Waals surface area contributed by atoms with Gasteiger partial charge in [-0.05, 0) is 30.3 Å². The number of phenolic OH excluding ortho intramolecular Hbond substituents is 1. The zero-order chi connectivity index (χ0) is 11.8. The van der Waals surface area contributed by atoms with Crippen LogP contribution in [-0.4, -0.2) is 22.4 Å². The molecule has 1 N–H and O–H groups in total. The van der Waals surface area contributed by atoms with Crippen molar-refractivity contribution in [3.05, 3.63) is 42.1 Å². The largest absolute Gasteiger partial charge is 0.508 e. The first-order chi connectivity index (χ1) is 7.76. The number of hydrogen-bond donors (Lipinski definition) is 1. The van der Waals surface area contributed by atoms with Gasteiger partial charge in [0.15, 0.2) is 0 Å². The number of allylic oxidation sites excluding steroid dienone is 1. The van der Waals surface area contributed by atoms with Crippen molar-refractivity contribution >= 4 is 11.6 Å². The van der Waals surface area contributed by atoms with E-state index in [2.05, 4.69) is 11.8 Å². The third kappa shape index (κ3) is 4.58. The standard InChI is InChI=1S/C13H18ClNO/c1-2-8-15(9-4-7-14)11-12-5-3-6-13(16)10-12/h3-6,9-10,16H,2,7-8,11H2,1H3/b9-4+. The van der Waals surface area contributed by atoms with E-state index in [0.29, 0.717) is 11.6 Å². The van der Waals surface area contributed by atoms with Crippen LogP contribution in [0.2, 0.25) is 0 Å². The summed E-state index contributed by atoms with van der Waals surface area (Å²) in [5.41, 5.74) is 1.10. The summed E-state index contributed by atoms with van der Waals surface area (Å²) in [5, 5.41) is 9.37. The van der Waals surface area contributed by atoms with Crippen molar-refractivity contribution in [1.29, 1.82) is 0 Å². The summed E-state index contributed by atoms with van der Waals surface area (Å²) in [6.45, 7) is 3.93. The van der Waals surface area contributed by atoms with Crippen molar-refractivity contribution in [3.8, 4) is 5.75 Å². The summed E-state index contributed by atoms with van der Waals surface area (Å²) >= 11 is 5.62. The molecule has 0 radical (unpaired) electrons. The molecule has 3 heteroatoms. The van der Waals surface area contributed by atoms with Gasteiger partial charge in [0.05, 0.1) is 0 Å². The van der Waals surface area contributed by atoms with E-state index in [1.807, 2.05) is 24.4 Å². The monoisotopic (exact) mass is 239 g/mol. The minimum Gasteiger partial charge on any atom is -0.508 e. The summed E-state index contributed by atoms with van der Waals surface area (Å²) < 4.78 is 0. The average Bonchev–Trinajstić information content (AvgIpc) is 2.26. The van der Waals surface area contributed by atoms with Crippen LogP contribution in [0.1, 0.15) is 18.9 Å². The SMILES string of the molecule is CCCN(/C=C/CCl)Cc1cccc(O)c1. The summed E-state index contributed by atoms with van der Waals surface area (Å²) in [4.78, 5) is 2.19. The van der Waals surface area contributed by atoms with Gasteiger partial charge in [0.25, 0.3) is 0 Å². The van der Waals surface area contributed by atoms with Gasteiger partial charge >= 0.3 is 0 Å². The van der Waals surface area contributed by atoms with Crippen molar-refractivity contribution in [2.75, 3.05) is 12.4 Å². The Balaban J connectivity index is 2.63. The van der Waals surface area contributed by atoms with E-state index < -0.39 is 0 Å². The van der Waals surface area contributed by atoms with E-state index in [1.54, 1.807) is 12.1 Å². The van der Waals surface area contributed by atoms with Crippen molar-refractivity contribution in [2.45, 2.75) is 19.9 Å². The maximum Gasteiger partial charge on any atom is 0.115 e. The fourth-order valence-electron chi connectivity index (χ4n) is 1.57. The summed E-state index contributed by atoms with van der Waals surface area (Å²) in [5.74, 6) is 0.843. The molecule has 0 amide bonds. The molecule has 0 heterocycles. The number of rotatable bonds is 6. The maximum atomic E-state index is 9.37. The molecule has 0 saturated carbocycles. The smallest absolute Gasteiger partial charge is 0.115 e. The lowest BCUT2D eigenvalue weighted by Gasteiger charge is -2.19. The van der Waals surface area contributed by atoms with E-state index in [0.717, 1.165) is 25.1 Å². The molecule has 0 saturated heterocycles. The van der Waals surface area contributed by atoms with Gasteiger partial charge in [-0.2, -0.15) is 0 Å². The molecule has 0 aromatic heterocycles. The van der Waals surface area contributed by atoms with E-state index in [9.17, 15) is 5.11 Å². The molecule has 2 nitrogen and oxygen atoms in total. The summed E-state index contributed by atoms with van der Waals surface area (Å²) in [6.07, 6.45) is 5.03. The van der Waals surface area contributed by atoms with Gasteiger partial charge in [0.1, 0.15) is 5.75 Å². The Kier molecular flexibility index (Phi) is 5.79. The lowest BCUT2D eigenvalue weighted by Crippen LogP contribution is -2.17. The van der Waals surface area contributed by atoms with Crippen molar-refractivity contribution in [1.82, 2.24) is 4.90 Å². The van der Waals surface area contributed by atoms with Crippen molar-refractivity contribution < 1.29 is 5.11 Å². The highest BCUT2D eigenvalue weighted by atomic mass is 35.5. The number of hydrogen-bond acceptors (Lipinski definition) is 2. The predicted molar refractivity (Wildman–Crippen MR) is 68.7 cm³/mol. The Morgan fingerprint density at radius 3 is 2.88 bits per heavy atom. The summed E-state index contributed by atoms with van der Waals surface area (Å²) in [6, 6.07) is 7.34. The lowest BCUT2D eigenvalue weighted by atomic mass is 10.2. The number of benzene rings is 1. The molecule has 0 aliphatic rings. The predicted octanol–water partition coefficient (Wildman–Crippen LogP) is 3.36. The van der Waals surface area contributed by atoms with Crippen LogP contribution in [-0.2, 0) is 6.54 Å². The lowest BCUT2D eigenvalue weighted by molar-refractivity contribution is 0.367. The zero-order valence-electron chi connectivity index (χ0n) is 9.56. The van der Waals surface area contributed by atoms with E-state index >= 15 is 0 Å². The van der Waals surface area contributed by atoms with Gasteiger partial charge in [-0.1, -0.05) is 25.1 Å². The van der Waals surface area contributed by atoms with Crippen LogP contribution in [0.15, 0.2) is 36.5 Å². The highest BCUT2D eigenvalue weighted by Crippen LogP contribution is 2.13. The molecule has 0 unspecified atom stereocenters.